The largest absolute Gasteiger partial charge is 0.488 e. The molecule has 0 saturated carbocycles. The SMILES string of the molecule is O=C(Cn1cnnn1)N1CCN(Cc2ccc(OCC(F)F)cc2)CC1. The third-order valence-electron chi connectivity index (χ3n) is 4.12. The summed E-state index contributed by atoms with van der Waals surface area (Å²) in [6, 6.07) is 7.14. The predicted octanol–water partition coefficient (Wildman–Crippen LogP) is 0.661. The number of benzene rings is 1. The second-order valence-corrected chi connectivity index (χ2v) is 6.01. The average Bonchev–Trinajstić information content (AvgIpc) is 3.14. The van der Waals surface area contributed by atoms with Gasteiger partial charge >= 0.3 is 0 Å². The molecule has 1 aromatic carbocycles. The Bertz CT molecular complexity index is 687. The highest BCUT2D eigenvalue weighted by Gasteiger charge is 2.21. The van der Waals surface area contributed by atoms with Crippen LogP contribution in [0, 0.1) is 0 Å². The molecule has 8 nitrogen and oxygen atoms in total. The average molecular weight is 366 g/mol. The van der Waals surface area contributed by atoms with Crippen LogP contribution in [0.5, 0.6) is 5.75 Å². The molecule has 1 fully saturated rings. The van der Waals surface area contributed by atoms with Crippen LogP contribution in [-0.4, -0.2) is 75.1 Å². The van der Waals surface area contributed by atoms with E-state index < -0.39 is 13.0 Å². The first-order valence-electron chi connectivity index (χ1n) is 8.31. The molecule has 140 valence electrons. The number of tetrazole rings is 1. The second-order valence-electron chi connectivity index (χ2n) is 6.01. The van der Waals surface area contributed by atoms with Crippen molar-refractivity contribution in [2.75, 3.05) is 32.8 Å². The summed E-state index contributed by atoms with van der Waals surface area (Å²) < 4.78 is 30.6. The van der Waals surface area contributed by atoms with Gasteiger partial charge < -0.3 is 9.64 Å². The summed E-state index contributed by atoms with van der Waals surface area (Å²) in [5, 5.41) is 10.7. The quantitative estimate of drug-likeness (QED) is 0.717. The topological polar surface area (TPSA) is 76.4 Å². The molecule has 26 heavy (non-hydrogen) atoms. The van der Waals surface area contributed by atoms with Crippen molar-refractivity contribution >= 4 is 5.91 Å². The number of carbonyl (C=O) groups excluding carboxylic acids is 1. The highest BCUT2D eigenvalue weighted by Crippen LogP contribution is 2.15. The van der Waals surface area contributed by atoms with Crippen LogP contribution in [0.4, 0.5) is 8.78 Å². The Hall–Kier alpha value is -2.62. The van der Waals surface area contributed by atoms with E-state index in [9.17, 15) is 13.6 Å². The van der Waals surface area contributed by atoms with Crippen LogP contribution < -0.4 is 4.74 Å². The molecule has 2 heterocycles. The van der Waals surface area contributed by atoms with Crippen molar-refractivity contribution in [3.63, 3.8) is 0 Å². The fourth-order valence-electron chi connectivity index (χ4n) is 2.76. The Labute approximate surface area is 149 Å². The van der Waals surface area contributed by atoms with E-state index in [1.165, 1.54) is 11.0 Å². The molecule has 0 spiro atoms. The number of halogens is 2. The molecule has 0 bridgehead atoms. The number of carbonyl (C=O) groups is 1. The van der Waals surface area contributed by atoms with E-state index in [4.69, 9.17) is 4.74 Å². The Kier molecular flexibility index (Phi) is 6.05. The number of hydrogen-bond acceptors (Lipinski definition) is 6. The van der Waals surface area contributed by atoms with Crippen LogP contribution in [0.1, 0.15) is 5.56 Å². The lowest BCUT2D eigenvalue weighted by Crippen LogP contribution is -2.49. The van der Waals surface area contributed by atoms with Crippen molar-refractivity contribution < 1.29 is 18.3 Å². The van der Waals surface area contributed by atoms with Gasteiger partial charge in [-0.1, -0.05) is 12.1 Å². The van der Waals surface area contributed by atoms with Crippen molar-refractivity contribution in [1.29, 1.82) is 0 Å². The number of nitrogens with zero attached hydrogens (tertiary/aromatic N) is 6. The number of ether oxygens (including phenoxy) is 1. The van der Waals surface area contributed by atoms with Crippen molar-refractivity contribution in [3.05, 3.63) is 36.2 Å². The Morgan fingerprint density at radius 3 is 2.50 bits per heavy atom. The van der Waals surface area contributed by atoms with Gasteiger partial charge in [-0.25, -0.2) is 13.5 Å². The standard InChI is InChI=1S/C16H20F2N6O2/c17-15(18)11-26-14-3-1-13(2-4-14)9-22-5-7-23(8-6-22)16(25)10-24-12-19-20-21-24/h1-4,12,15H,5-11H2. The van der Waals surface area contributed by atoms with E-state index in [-0.39, 0.29) is 12.5 Å². The number of rotatable bonds is 7. The first kappa shape index (κ1) is 18.2. The molecule has 0 radical (unpaired) electrons. The van der Waals surface area contributed by atoms with E-state index >= 15 is 0 Å². The summed E-state index contributed by atoms with van der Waals surface area (Å²) in [6.07, 6.45) is -1.06. The summed E-state index contributed by atoms with van der Waals surface area (Å²) in [7, 11) is 0. The molecule has 1 amide bonds. The number of aromatic nitrogens is 4. The van der Waals surface area contributed by atoms with Crippen LogP contribution in [0.2, 0.25) is 0 Å². The van der Waals surface area contributed by atoms with Gasteiger partial charge in [-0.3, -0.25) is 9.69 Å². The Morgan fingerprint density at radius 1 is 1.15 bits per heavy atom. The minimum Gasteiger partial charge on any atom is -0.488 e. The lowest BCUT2D eigenvalue weighted by molar-refractivity contribution is -0.133. The van der Waals surface area contributed by atoms with Gasteiger partial charge in [0.2, 0.25) is 5.91 Å². The van der Waals surface area contributed by atoms with Gasteiger partial charge in [-0.15, -0.1) is 5.10 Å². The summed E-state index contributed by atoms with van der Waals surface area (Å²) in [6.45, 7) is 3.13. The van der Waals surface area contributed by atoms with Gasteiger partial charge in [0.25, 0.3) is 6.43 Å². The van der Waals surface area contributed by atoms with Gasteiger partial charge in [0.05, 0.1) is 0 Å². The number of piperazine rings is 1. The van der Waals surface area contributed by atoms with Crippen LogP contribution >= 0.6 is 0 Å². The van der Waals surface area contributed by atoms with Crippen LogP contribution in [0.3, 0.4) is 0 Å². The molecular weight excluding hydrogens is 346 g/mol. The van der Waals surface area contributed by atoms with E-state index in [0.717, 1.165) is 25.2 Å². The molecule has 10 heteroatoms. The lowest BCUT2D eigenvalue weighted by Gasteiger charge is -2.34. The maximum absolute atomic E-state index is 12.2. The summed E-state index contributed by atoms with van der Waals surface area (Å²) in [5.41, 5.74) is 1.07. The third kappa shape index (κ3) is 5.19. The van der Waals surface area contributed by atoms with Crippen LogP contribution in [-0.2, 0) is 17.9 Å². The summed E-state index contributed by atoms with van der Waals surface area (Å²) >= 11 is 0. The molecule has 0 unspecified atom stereocenters. The normalized spacial score (nSPS) is 15.4. The molecule has 1 aliphatic heterocycles. The fraction of sp³-hybridized carbons (Fsp3) is 0.500. The highest BCUT2D eigenvalue weighted by molar-refractivity contribution is 5.75. The molecule has 3 rings (SSSR count). The summed E-state index contributed by atoms with van der Waals surface area (Å²) in [4.78, 5) is 16.3. The maximum Gasteiger partial charge on any atom is 0.272 e. The minimum atomic E-state index is -2.48. The Balaban J connectivity index is 1.43. The molecule has 0 atom stereocenters. The van der Waals surface area contributed by atoms with E-state index in [1.807, 2.05) is 12.1 Å². The zero-order chi connectivity index (χ0) is 18.4. The molecule has 1 aromatic heterocycles. The fourth-order valence-corrected chi connectivity index (χ4v) is 2.76. The van der Waals surface area contributed by atoms with Gasteiger partial charge in [0, 0.05) is 32.7 Å². The Morgan fingerprint density at radius 2 is 1.88 bits per heavy atom. The van der Waals surface area contributed by atoms with Gasteiger partial charge in [0.15, 0.2) is 0 Å². The van der Waals surface area contributed by atoms with Crippen LogP contribution in [0.15, 0.2) is 30.6 Å². The molecule has 1 saturated heterocycles. The van der Waals surface area contributed by atoms with Crippen molar-refractivity contribution in [1.82, 2.24) is 30.0 Å². The van der Waals surface area contributed by atoms with E-state index in [0.29, 0.717) is 18.8 Å². The van der Waals surface area contributed by atoms with Crippen LogP contribution in [0.25, 0.3) is 0 Å². The maximum atomic E-state index is 12.2. The van der Waals surface area contributed by atoms with Gasteiger partial charge in [0.1, 0.15) is 25.2 Å². The molecular formula is C16H20F2N6O2. The molecule has 1 aliphatic rings. The molecule has 0 N–H and O–H groups in total. The smallest absolute Gasteiger partial charge is 0.272 e. The number of alkyl halides is 2. The zero-order valence-electron chi connectivity index (χ0n) is 14.2. The minimum absolute atomic E-state index is 0.00233. The number of hydrogen-bond donors (Lipinski definition) is 0. The van der Waals surface area contributed by atoms with E-state index in [1.54, 1.807) is 17.0 Å². The number of amides is 1. The first-order valence-corrected chi connectivity index (χ1v) is 8.31. The highest BCUT2D eigenvalue weighted by atomic mass is 19.3. The second kappa shape index (κ2) is 8.65. The predicted molar refractivity (Wildman–Crippen MR) is 87.6 cm³/mol. The zero-order valence-corrected chi connectivity index (χ0v) is 14.2. The third-order valence-corrected chi connectivity index (χ3v) is 4.12. The first-order chi connectivity index (χ1) is 12.6. The van der Waals surface area contributed by atoms with E-state index in [2.05, 4.69) is 20.4 Å². The van der Waals surface area contributed by atoms with Crippen molar-refractivity contribution in [2.45, 2.75) is 19.5 Å². The lowest BCUT2D eigenvalue weighted by atomic mass is 10.2. The molecule has 0 aliphatic carbocycles. The molecule has 2 aromatic rings. The van der Waals surface area contributed by atoms with Gasteiger partial charge in [-0.2, -0.15) is 0 Å². The summed E-state index contributed by atoms with van der Waals surface area (Å²) in [5.74, 6) is 0.435. The monoisotopic (exact) mass is 366 g/mol. The van der Waals surface area contributed by atoms with Crippen molar-refractivity contribution in [3.8, 4) is 5.75 Å². The van der Waals surface area contributed by atoms with Crippen molar-refractivity contribution in [2.24, 2.45) is 0 Å². The van der Waals surface area contributed by atoms with Gasteiger partial charge in [-0.05, 0) is 28.1 Å².